The Morgan fingerprint density at radius 3 is 2.71 bits per heavy atom. The fourth-order valence-corrected chi connectivity index (χ4v) is 2.03. The highest BCUT2D eigenvalue weighted by Gasteiger charge is 2.34. The Hall–Kier alpha value is -1.74. The van der Waals surface area contributed by atoms with Crippen LogP contribution in [0.4, 0.5) is 17.6 Å². The molecule has 1 aromatic carbocycles. The molecule has 0 aliphatic carbocycles. The van der Waals surface area contributed by atoms with E-state index in [1.807, 2.05) is 0 Å². The van der Waals surface area contributed by atoms with E-state index in [4.69, 9.17) is 17.0 Å². The maximum atomic E-state index is 13.3. The van der Waals surface area contributed by atoms with Gasteiger partial charge in [-0.1, -0.05) is 0 Å². The van der Waals surface area contributed by atoms with Gasteiger partial charge in [0.2, 0.25) is 0 Å². The number of hydrogen-bond acceptors (Lipinski definition) is 3. The summed E-state index contributed by atoms with van der Waals surface area (Å²) in [5.74, 6) is -1.13. The largest absolute Gasteiger partial charge is 0.419 e. The van der Waals surface area contributed by atoms with Gasteiger partial charge in [-0.25, -0.2) is 4.39 Å². The Labute approximate surface area is 122 Å². The summed E-state index contributed by atoms with van der Waals surface area (Å²) in [5.41, 5.74) is -1.22. The van der Waals surface area contributed by atoms with Gasteiger partial charge in [0, 0.05) is 12.7 Å². The Kier molecular flexibility index (Phi) is 4.43. The number of methoxy groups -OCH3 is 1. The zero-order chi connectivity index (χ0) is 15.6. The smallest absolute Gasteiger partial charge is 0.383 e. The minimum Gasteiger partial charge on any atom is -0.383 e. The van der Waals surface area contributed by atoms with Gasteiger partial charge in [0.05, 0.1) is 18.7 Å². The highest BCUT2D eigenvalue weighted by Crippen LogP contribution is 2.33. The lowest BCUT2D eigenvalue weighted by Crippen LogP contribution is -2.10. The molecule has 0 radical (unpaired) electrons. The number of halogens is 4. The molecule has 1 aromatic heterocycles. The van der Waals surface area contributed by atoms with Crippen LogP contribution in [0.3, 0.4) is 0 Å². The van der Waals surface area contributed by atoms with Gasteiger partial charge in [0.25, 0.3) is 0 Å². The van der Waals surface area contributed by atoms with Crippen LogP contribution in [0.2, 0.25) is 0 Å². The molecule has 114 valence electrons. The second-order valence-electron chi connectivity index (χ2n) is 4.19. The van der Waals surface area contributed by atoms with Crippen LogP contribution in [0, 0.1) is 10.6 Å². The van der Waals surface area contributed by atoms with Crippen LogP contribution in [0.15, 0.2) is 18.2 Å². The summed E-state index contributed by atoms with van der Waals surface area (Å²) in [5, 5.41) is 6.39. The van der Waals surface area contributed by atoms with Crippen molar-refractivity contribution in [3.8, 4) is 11.4 Å². The van der Waals surface area contributed by atoms with Gasteiger partial charge in [-0.3, -0.25) is 9.67 Å². The van der Waals surface area contributed by atoms with Crippen molar-refractivity contribution in [1.29, 1.82) is 0 Å². The fourth-order valence-electron chi connectivity index (χ4n) is 1.81. The van der Waals surface area contributed by atoms with Crippen molar-refractivity contribution < 1.29 is 22.3 Å². The van der Waals surface area contributed by atoms with Gasteiger partial charge in [-0.05, 0) is 30.4 Å². The van der Waals surface area contributed by atoms with Gasteiger partial charge in [-0.2, -0.15) is 18.3 Å². The van der Waals surface area contributed by atoms with Gasteiger partial charge in [0.1, 0.15) is 5.82 Å². The summed E-state index contributed by atoms with van der Waals surface area (Å²) < 4.78 is 58.2. The molecule has 0 bridgehead atoms. The first-order valence-electron chi connectivity index (χ1n) is 5.86. The zero-order valence-electron chi connectivity index (χ0n) is 10.9. The molecule has 1 heterocycles. The SMILES string of the molecule is COCCn1c(-c2ccc(F)c(C(F)(F)F)c2)n[nH]c1=S. The Morgan fingerprint density at radius 2 is 2.10 bits per heavy atom. The molecular formula is C12H11F4N3OS. The molecule has 0 aliphatic rings. The summed E-state index contributed by atoms with van der Waals surface area (Å²) in [6.07, 6.45) is -4.77. The molecule has 4 nitrogen and oxygen atoms in total. The predicted octanol–water partition coefficient (Wildman–Crippen LogP) is 3.41. The van der Waals surface area contributed by atoms with Crippen LogP contribution in [-0.4, -0.2) is 28.5 Å². The number of nitrogens with zero attached hydrogens (tertiary/aromatic N) is 2. The van der Waals surface area contributed by atoms with Crippen molar-refractivity contribution in [3.63, 3.8) is 0 Å². The minimum atomic E-state index is -4.77. The van der Waals surface area contributed by atoms with Crippen molar-refractivity contribution in [2.75, 3.05) is 13.7 Å². The molecular weight excluding hydrogens is 310 g/mol. The fraction of sp³-hybridized carbons (Fsp3) is 0.333. The number of H-pyrrole nitrogens is 1. The second kappa shape index (κ2) is 5.94. The lowest BCUT2D eigenvalue weighted by Gasteiger charge is -2.11. The summed E-state index contributed by atoms with van der Waals surface area (Å²) in [6.45, 7) is 0.633. The summed E-state index contributed by atoms with van der Waals surface area (Å²) in [6, 6.07) is 2.69. The van der Waals surface area contributed by atoms with Crippen LogP contribution in [0.25, 0.3) is 11.4 Å². The Morgan fingerprint density at radius 1 is 1.38 bits per heavy atom. The summed E-state index contributed by atoms with van der Waals surface area (Å²) in [4.78, 5) is 0. The van der Waals surface area contributed by atoms with Crippen LogP contribution in [0.5, 0.6) is 0 Å². The van der Waals surface area contributed by atoms with E-state index in [2.05, 4.69) is 10.2 Å². The lowest BCUT2D eigenvalue weighted by atomic mass is 10.1. The number of benzene rings is 1. The predicted molar refractivity (Wildman–Crippen MR) is 69.7 cm³/mol. The molecule has 0 unspecified atom stereocenters. The lowest BCUT2D eigenvalue weighted by molar-refractivity contribution is -0.139. The maximum Gasteiger partial charge on any atom is 0.419 e. The third-order valence-electron chi connectivity index (χ3n) is 2.81. The normalized spacial score (nSPS) is 11.9. The number of nitrogens with one attached hydrogen (secondary N) is 1. The number of rotatable bonds is 4. The average Bonchev–Trinajstić information content (AvgIpc) is 2.77. The topological polar surface area (TPSA) is 42.8 Å². The molecule has 1 N–H and O–H groups in total. The van der Waals surface area contributed by atoms with Gasteiger partial charge < -0.3 is 4.74 Å². The standard InChI is InChI=1S/C12H11F4N3OS/c1-20-5-4-19-10(17-18-11(19)21)7-2-3-9(13)8(6-7)12(14,15)16/h2-3,6H,4-5H2,1H3,(H,18,21). The van der Waals surface area contributed by atoms with E-state index in [0.29, 0.717) is 19.2 Å². The van der Waals surface area contributed by atoms with E-state index < -0.39 is 17.6 Å². The van der Waals surface area contributed by atoms with E-state index in [0.717, 1.165) is 6.07 Å². The third-order valence-corrected chi connectivity index (χ3v) is 3.12. The third kappa shape index (κ3) is 3.30. The monoisotopic (exact) mass is 321 g/mol. The molecule has 0 fully saturated rings. The maximum absolute atomic E-state index is 13.3. The van der Waals surface area contributed by atoms with Crippen molar-refractivity contribution >= 4 is 12.2 Å². The quantitative estimate of drug-likeness (QED) is 0.693. The number of alkyl halides is 3. The van der Waals surface area contributed by atoms with E-state index in [1.54, 1.807) is 0 Å². The van der Waals surface area contributed by atoms with Crippen molar-refractivity contribution in [3.05, 3.63) is 34.4 Å². The summed E-state index contributed by atoms with van der Waals surface area (Å²) in [7, 11) is 1.49. The molecule has 0 aliphatic heterocycles. The van der Waals surface area contributed by atoms with Gasteiger partial charge in [0.15, 0.2) is 10.6 Å². The Bertz CT molecular complexity index is 693. The first kappa shape index (κ1) is 15.6. The second-order valence-corrected chi connectivity index (χ2v) is 4.58. The van der Waals surface area contributed by atoms with Crippen molar-refractivity contribution in [2.24, 2.45) is 0 Å². The van der Waals surface area contributed by atoms with E-state index >= 15 is 0 Å². The zero-order valence-corrected chi connectivity index (χ0v) is 11.7. The first-order valence-corrected chi connectivity index (χ1v) is 6.26. The van der Waals surface area contributed by atoms with Crippen LogP contribution < -0.4 is 0 Å². The van der Waals surface area contributed by atoms with E-state index in [-0.39, 0.29) is 16.2 Å². The molecule has 0 spiro atoms. The van der Waals surface area contributed by atoms with Crippen molar-refractivity contribution in [1.82, 2.24) is 14.8 Å². The minimum absolute atomic E-state index is 0.118. The van der Waals surface area contributed by atoms with Crippen LogP contribution in [-0.2, 0) is 17.5 Å². The van der Waals surface area contributed by atoms with Gasteiger partial charge in [-0.15, -0.1) is 0 Å². The molecule has 0 atom stereocenters. The Balaban J connectivity index is 2.51. The van der Waals surface area contributed by atoms with Crippen LogP contribution >= 0.6 is 12.2 Å². The molecule has 9 heteroatoms. The van der Waals surface area contributed by atoms with Gasteiger partial charge >= 0.3 is 6.18 Å². The molecule has 2 rings (SSSR count). The summed E-state index contributed by atoms with van der Waals surface area (Å²) >= 11 is 5.01. The average molecular weight is 321 g/mol. The highest BCUT2D eigenvalue weighted by atomic mass is 32.1. The molecule has 21 heavy (non-hydrogen) atoms. The van der Waals surface area contributed by atoms with Crippen LogP contribution in [0.1, 0.15) is 5.56 Å². The number of aromatic nitrogens is 3. The molecule has 2 aromatic rings. The number of hydrogen-bond donors (Lipinski definition) is 1. The number of ether oxygens (including phenoxy) is 1. The molecule has 0 saturated carbocycles. The highest BCUT2D eigenvalue weighted by molar-refractivity contribution is 7.71. The molecule has 0 amide bonds. The first-order chi connectivity index (χ1) is 9.84. The van der Waals surface area contributed by atoms with Crippen molar-refractivity contribution in [2.45, 2.75) is 12.7 Å². The van der Waals surface area contributed by atoms with E-state index in [9.17, 15) is 17.6 Å². The number of aromatic amines is 1. The van der Waals surface area contributed by atoms with E-state index in [1.165, 1.54) is 17.7 Å². The molecule has 0 saturated heterocycles.